The molecule has 1 N–H and O–H groups in total. The molecule has 0 aromatic carbocycles. The van der Waals surface area contributed by atoms with E-state index in [-0.39, 0.29) is 11.5 Å². The predicted molar refractivity (Wildman–Crippen MR) is 56.6 cm³/mol. The van der Waals surface area contributed by atoms with E-state index in [0.29, 0.717) is 0 Å². The molecule has 0 atom stereocenters. The van der Waals surface area contributed by atoms with Gasteiger partial charge in [-0.1, -0.05) is 0 Å². The van der Waals surface area contributed by atoms with E-state index in [0.717, 1.165) is 18.2 Å². The van der Waals surface area contributed by atoms with Gasteiger partial charge in [-0.05, 0) is 32.9 Å². The number of hydrogen-bond donors (Lipinski definition) is 1. The molecule has 0 heterocycles. The van der Waals surface area contributed by atoms with Crippen molar-refractivity contribution in [3.63, 3.8) is 0 Å². The maximum atomic E-state index is 11.3. The third kappa shape index (κ3) is 3.68. The first-order valence-electron chi connectivity index (χ1n) is 4.76. The molecule has 5 nitrogen and oxygen atoms in total. The van der Waals surface area contributed by atoms with E-state index in [2.05, 4.69) is 5.32 Å². The second kappa shape index (κ2) is 4.30. The van der Waals surface area contributed by atoms with Crippen LogP contribution in [0.3, 0.4) is 0 Å². The summed E-state index contributed by atoms with van der Waals surface area (Å²) in [5.74, 6) is -0.767. The van der Waals surface area contributed by atoms with Crippen LogP contribution in [-0.2, 0) is 14.3 Å². The first-order valence-corrected chi connectivity index (χ1v) is 4.76. The van der Waals surface area contributed by atoms with Gasteiger partial charge in [0.25, 0.3) is 0 Å². The van der Waals surface area contributed by atoms with Crippen molar-refractivity contribution in [2.45, 2.75) is 26.4 Å². The second-order valence-corrected chi connectivity index (χ2v) is 4.28. The molecule has 0 spiro atoms. The zero-order chi connectivity index (χ0) is 12.3. The fraction of sp³-hybridized carbons (Fsp3) is 0.364. The molecule has 86 valence electrons. The van der Waals surface area contributed by atoms with Gasteiger partial charge in [0.2, 0.25) is 5.78 Å². The average molecular weight is 223 g/mol. The number of ether oxygens (including phenoxy) is 1. The van der Waals surface area contributed by atoms with Crippen molar-refractivity contribution >= 4 is 17.7 Å². The Kier molecular flexibility index (Phi) is 3.27. The zero-order valence-corrected chi connectivity index (χ0v) is 9.37. The van der Waals surface area contributed by atoms with Crippen LogP contribution in [0.15, 0.2) is 23.9 Å². The third-order valence-corrected chi connectivity index (χ3v) is 1.59. The summed E-state index contributed by atoms with van der Waals surface area (Å²) in [5, 5.41) is 2.23. The lowest BCUT2D eigenvalue weighted by molar-refractivity contribution is -0.114. The topological polar surface area (TPSA) is 72.5 Å². The van der Waals surface area contributed by atoms with Gasteiger partial charge in [-0.2, -0.15) is 0 Å². The van der Waals surface area contributed by atoms with Crippen molar-refractivity contribution in [3.05, 3.63) is 23.9 Å². The maximum absolute atomic E-state index is 11.3. The van der Waals surface area contributed by atoms with Crippen LogP contribution < -0.4 is 5.32 Å². The maximum Gasteiger partial charge on any atom is 0.412 e. The van der Waals surface area contributed by atoms with Gasteiger partial charge in [0.15, 0.2) is 5.78 Å². The summed E-state index contributed by atoms with van der Waals surface area (Å²) in [6.07, 6.45) is 2.55. The molecule has 1 rings (SSSR count). The van der Waals surface area contributed by atoms with Crippen LogP contribution in [0.2, 0.25) is 0 Å². The van der Waals surface area contributed by atoms with E-state index in [4.69, 9.17) is 4.74 Å². The van der Waals surface area contributed by atoms with Gasteiger partial charge >= 0.3 is 6.09 Å². The number of hydrogen-bond acceptors (Lipinski definition) is 4. The van der Waals surface area contributed by atoms with Crippen LogP contribution in [0.5, 0.6) is 0 Å². The Morgan fingerprint density at radius 2 is 1.88 bits per heavy atom. The van der Waals surface area contributed by atoms with Crippen LogP contribution in [0.4, 0.5) is 4.79 Å². The number of carbonyl (C=O) groups is 3. The molecule has 0 radical (unpaired) electrons. The number of ketones is 2. The lowest BCUT2D eigenvalue weighted by Crippen LogP contribution is -2.34. The Morgan fingerprint density at radius 1 is 1.25 bits per heavy atom. The summed E-state index contributed by atoms with van der Waals surface area (Å²) < 4.78 is 4.95. The van der Waals surface area contributed by atoms with Crippen molar-refractivity contribution in [1.29, 1.82) is 0 Å². The number of rotatable bonds is 1. The minimum Gasteiger partial charge on any atom is -0.444 e. The standard InChI is InChI=1S/C11H13NO4/c1-11(2,3)16-10(15)12-8-6-7(13)4-5-9(8)14/h4-6H,1-3H3,(H,12,15). The van der Waals surface area contributed by atoms with Crippen LogP contribution >= 0.6 is 0 Å². The van der Waals surface area contributed by atoms with E-state index in [1.165, 1.54) is 0 Å². The molecule has 0 aliphatic heterocycles. The van der Waals surface area contributed by atoms with E-state index in [9.17, 15) is 14.4 Å². The smallest absolute Gasteiger partial charge is 0.412 e. The molecule has 0 saturated heterocycles. The summed E-state index contributed by atoms with van der Waals surface area (Å²) in [4.78, 5) is 33.6. The average Bonchev–Trinajstić information content (AvgIpc) is 2.08. The first-order chi connectivity index (χ1) is 7.28. The van der Waals surface area contributed by atoms with E-state index >= 15 is 0 Å². The van der Waals surface area contributed by atoms with Crippen molar-refractivity contribution in [2.24, 2.45) is 0 Å². The third-order valence-electron chi connectivity index (χ3n) is 1.59. The summed E-state index contributed by atoms with van der Waals surface area (Å²) in [6.45, 7) is 5.11. The van der Waals surface area contributed by atoms with Gasteiger partial charge < -0.3 is 4.74 Å². The fourth-order valence-corrected chi connectivity index (χ4v) is 1.02. The highest BCUT2D eigenvalue weighted by atomic mass is 16.6. The normalized spacial score (nSPS) is 15.8. The Hall–Kier alpha value is -1.91. The number of carbonyl (C=O) groups excluding carboxylic acids is 3. The summed E-state index contributed by atoms with van der Waals surface area (Å²) >= 11 is 0. The largest absolute Gasteiger partial charge is 0.444 e. The molecule has 1 aliphatic rings. The molecule has 16 heavy (non-hydrogen) atoms. The molecule has 0 unspecified atom stereocenters. The lowest BCUT2D eigenvalue weighted by Gasteiger charge is -2.20. The van der Waals surface area contributed by atoms with Crippen LogP contribution in [0, 0.1) is 0 Å². The van der Waals surface area contributed by atoms with E-state index < -0.39 is 17.5 Å². The first kappa shape index (κ1) is 12.2. The lowest BCUT2D eigenvalue weighted by atomic mass is 10.1. The van der Waals surface area contributed by atoms with Gasteiger partial charge in [-0.25, -0.2) is 4.79 Å². The molecule has 0 aromatic heterocycles. The quantitative estimate of drug-likeness (QED) is 0.676. The molecule has 0 fully saturated rings. The van der Waals surface area contributed by atoms with Crippen LogP contribution in [0.1, 0.15) is 20.8 Å². The van der Waals surface area contributed by atoms with Crippen molar-refractivity contribution in [1.82, 2.24) is 5.32 Å². The Bertz CT molecular complexity index is 399. The molecule has 0 aromatic rings. The Balaban J connectivity index is 2.65. The monoisotopic (exact) mass is 223 g/mol. The highest BCUT2D eigenvalue weighted by molar-refractivity contribution is 6.17. The highest BCUT2D eigenvalue weighted by Crippen LogP contribution is 2.08. The van der Waals surface area contributed by atoms with Crippen molar-refractivity contribution in [3.8, 4) is 0 Å². The predicted octanol–water partition coefficient (Wildman–Crippen LogP) is 1.10. The molecular formula is C11H13NO4. The Labute approximate surface area is 93.2 Å². The zero-order valence-electron chi connectivity index (χ0n) is 9.37. The molecule has 5 heteroatoms. The van der Waals surface area contributed by atoms with E-state index in [1.807, 2.05) is 0 Å². The van der Waals surface area contributed by atoms with Crippen LogP contribution in [-0.4, -0.2) is 23.3 Å². The van der Waals surface area contributed by atoms with E-state index in [1.54, 1.807) is 20.8 Å². The van der Waals surface area contributed by atoms with Crippen LogP contribution in [0.25, 0.3) is 0 Å². The number of allylic oxidation sites excluding steroid dienone is 3. The van der Waals surface area contributed by atoms with Gasteiger partial charge in [0.05, 0.1) is 5.70 Å². The molecular weight excluding hydrogens is 210 g/mol. The molecule has 1 amide bonds. The number of nitrogens with one attached hydrogen (secondary N) is 1. The number of alkyl carbamates (subject to hydrolysis) is 1. The molecule has 1 aliphatic carbocycles. The van der Waals surface area contributed by atoms with Gasteiger partial charge in [-0.3, -0.25) is 14.9 Å². The second-order valence-electron chi connectivity index (χ2n) is 4.28. The van der Waals surface area contributed by atoms with Crippen molar-refractivity contribution < 1.29 is 19.1 Å². The van der Waals surface area contributed by atoms with Crippen molar-refractivity contribution in [2.75, 3.05) is 0 Å². The summed E-state index contributed by atoms with van der Waals surface area (Å²) in [6, 6.07) is 0. The fourth-order valence-electron chi connectivity index (χ4n) is 1.02. The SMILES string of the molecule is CC(C)(C)OC(=O)NC1=CC(=O)C=CC1=O. The minimum absolute atomic E-state index is 0.0678. The highest BCUT2D eigenvalue weighted by Gasteiger charge is 2.20. The molecule has 0 saturated carbocycles. The summed E-state index contributed by atoms with van der Waals surface area (Å²) in [5.41, 5.74) is -0.718. The Morgan fingerprint density at radius 3 is 2.44 bits per heavy atom. The van der Waals surface area contributed by atoms with Gasteiger partial charge in [0.1, 0.15) is 5.60 Å². The number of amides is 1. The van der Waals surface area contributed by atoms with Gasteiger partial charge in [0, 0.05) is 6.08 Å². The molecule has 0 bridgehead atoms. The summed E-state index contributed by atoms with van der Waals surface area (Å²) in [7, 11) is 0. The van der Waals surface area contributed by atoms with Gasteiger partial charge in [-0.15, -0.1) is 0 Å². The minimum atomic E-state index is -0.754.